The van der Waals surface area contributed by atoms with Crippen molar-refractivity contribution in [1.29, 1.82) is 0 Å². The molecule has 0 saturated carbocycles. The smallest absolute Gasteiger partial charge is 0.331 e. The van der Waals surface area contributed by atoms with Crippen LogP contribution in [0.3, 0.4) is 0 Å². The Morgan fingerprint density at radius 3 is 2.52 bits per heavy atom. The first-order valence-corrected chi connectivity index (χ1v) is 6.07. The van der Waals surface area contributed by atoms with Gasteiger partial charge in [0.2, 0.25) is 5.91 Å². The second-order valence-electron chi connectivity index (χ2n) is 4.34. The monoisotopic (exact) mass is 292 g/mol. The minimum Gasteiger partial charge on any atom is -0.368 e. The Hall–Kier alpha value is -2.97. The maximum absolute atomic E-state index is 12.2. The average molecular weight is 292 g/mol. The third kappa shape index (κ3) is 2.40. The number of nitrogens with zero attached hydrogens (tertiary/aromatic N) is 3. The molecule has 2 rings (SSSR count). The highest BCUT2D eigenvalue weighted by Gasteiger charge is 2.16. The molecule has 21 heavy (non-hydrogen) atoms. The first-order chi connectivity index (χ1) is 9.86. The fourth-order valence-corrected chi connectivity index (χ4v) is 2.13. The Morgan fingerprint density at radius 2 is 2.00 bits per heavy atom. The number of nitro groups is 1. The van der Waals surface area contributed by atoms with Crippen LogP contribution in [0.5, 0.6) is 0 Å². The molecule has 2 N–H and O–H groups in total. The molecule has 0 unspecified atom stereocenters. The van der Waals surface area contributed by atoms with Crippen LogP contribution in [0.1, 0.15) is 6.92 Å². The van der Waals surface area contributed by atoms with Gasteiger partial charge in [-0.15, -0.1) is 0 Å². The van der Waals surface area contributed by atoms with Gasteiger partial charge in [0.1, 0.15) is 6.54 Å². The van der Waals surface area contributed by atoms with Gasteiger partial charge in [0.05, 0.1) is 15.8 Å². The van der Waals surface area contributed by atoms with Crippen LogP contribution in [0, 0.1) is 10.1 Å². The van der Waals surface area contributed by atoms with Gasteiger partial charge in [-0.25, -0.2) is 4.79 Å². The standard InChI is InChI=1S/C12H12N4O5/c1-2-14-9-4-3-7(16(20)21)5-8(9)11(18)15(12(14)19)6-10(13)17/h3-5H,2,6H2,1H3,(H2,13,17). The zero-order valence-electron chi connectivity index (χ0n) is 11.1. The van der Waals surface area contributed by atoms with E-state index in [1.807, 2.05) is 0 Å². The number of carbonyl (C=O) groups excluding carboxylic acids is 1. The number of hydrogen-bond donors (Lipinski definition) is 1. The predicted molar refractivity (Wildman–Crippen MR) is 74.0 cm³/mol. The van der Waals surface area contributed by atoms with Crippen molar-refractivity contribution in [3.8, 4) is 0 Å². The van der Waals surface area contributed by atoms with Gasteiger partial charge in [-0.2, -0.15) is 0 Å². The summed E-state index contributed by atoms with van der Waals surface area (Å²) in [6.07, 6.45) is 0. The summed E-state index contributed by atoms with van der Waals surface area (Å²) in [7, 11) is 0. The molecule has 0 aliphatic carbocycles. The maximum atomic E-state index is 12.2. The molecule has 1 aromatic carbocycles. The SMILES string of the molecule is CCn1c(=O)n(CC(N)=O)c(=O)c2cc([N+](=O)[O-])ccc21. The number of hydrogen-bond acceptors (Lipinski definition) is 5. The van der Waals surface area contributed by atoms with Gasteiger partial charge >= 0.3 is 5.69 Å². The van der Waals surface area contributed by atoms with Crippen molar-refractivity contribution in [1.82, 2.24) is 9.13 Å². The molecule has 1 amide bonds. The Labute approximate surface area is 117 Å². The highest BCUT2D eigenvalue weighted by atomic mass is 16.6. The number of nitro benzene ring substituents is 1. The van der Waals surface area contributed by atoms with Crippen LogP contribution >= 0.6 is 0 Å². The minimum atomic E-state index is -0.846. The van der Waals surface area contributed by atoms with E-state index < -0.39 is 28.6 Å². The van der Waals surface area contributed by atoms with E-state index in [9.17, 15) is 24.5 Å². The molecule has 0 saturated heterocycles. The van der Waals surface area contributed by atoms with Gasteiger partial charge < -0.3 is 5.73 Å². The average Bonchev–Trinajstić information content (AvgIpc) is 2.43. The van der Waals surface area contributed by atoms with Crippen molar-refractivity contribution < 1.29 is 9.72 Å². The largest absolute Gasteiger partial charge is 0.368 e. The summed E-state index contributed by atoms with van der Waals surface area (Å²) in [4.78, 5) is 45.6. The zero-order chi connectivity index (χ0) is 15.7. The summed E-state index contributed by atoms with van der Waals surface area (Å²) in [5.74, 6) is -0.846. The molecule has 110 valence electrons. The molecule has 0 atom stereocenters. The number of primary amides is 1. The maximum Gasteiger partial charge on any atom is 0.331 e. The minimum absolute atomic E-state index is 0.00750. The second-order valence-corrected chi connectivity index (χ2v) is 4.34. The summed E-state index contributed by atoms with van der Waals surface area (Å²) < 4.78 is 1.93. The summed E-state index contributed by atoms with van der Waals surface area (Å²) in [6.45, 7) is 1.35. The molecule has 9 nitrogen and oxygen atoms in total. The molecule has 1 heterocycles. The number of aromatic nitrogens is 2. The molecular formula is C12H12N4O5. The van der Waals surface area contributed by atoms with Gasteiger partial charge in [-0.3, -0.25) is 28.8 Å². The second kappa shape index (κ2) is 5.19. The van der Waals surface area contributed by atoms with E-state index in [4.69, 9.17) is 5.73 Å². The van der Waals surface area contributed by atoms with E-state index in [0.717, 1.165) is 6.07 Å². The highest BCUT2D eigenvalue weighted by molar-refractivity contribution is 5.81. The van der Waals surface area contributed by atoms with Gasteiger partial charge in [0.15, 0.2) is 0 Å². The molecule has 0 aliphatic rings. The van der Waals surface area contributed by atoms with Gasteiger partial charge in [0.25, 0.3) is 11.2 Å². The lowest BCUT2D eigenvalue weighted by molar-refractivity contribution is -0.384. The zero-order valence-corrected chi connectivity index (χ0v) is 11.1. The lowest BCUT2D eigenvalue weighted by Gasteiger charge is -2.11. The summed E-state index contributed by atoms with van der Waals surface area (Å²) in [5, 5.41) is 10.8. The molecule has 0 radical (unpaired) electrons. The fourth-order valence-electron chi connectivity index (χ4n) is 2.13. The molecule has 0 bridgehead atoms. The van der Waals surface area contributed by atoms with Crippen LogP contribution in [0.15, 0.2) is 27.8 Å². The number of carbonyl (C=O) groups is 1. The van der Waals surface area contributed by atoms with Crippen LogP contribution in [0.2, 0.25) is 0 Å². The third-order valence-electron chi connectivity index (χ3n) is 3.05. The number of non-ortho nitro benzene ring substituents is 1. The molecule has 1 aromatic heterocycles. The van der Waals surface area contributed by atoms with Crippen molar-refractivity contribution in [3.05, 3.63) is 49.2 Å². The molecule has 9 heteroatoms. The van der Waals surface area contributed by atoms with Crippen molar-refractivity contribution in [2.75, 3.05) is 0 Å². The lowest BCUT2D eigenvalue weighted by Crippen LogP contribution is -2.42. The van der Waals surface area contributed by atoms with Gasteiger partial charge in [-0.05, 0) is 13.0 Å². The summed E-state index contributed by atoms with van der Waals surface area (Å²) in [5.41, 5.74) is 3.57. The van der Waals surface area contributed by atoms with Gasteiger partial charge in [0, 0.05) is 18.7 Å². The van der Waals surface area contributed by atoms with Crippen LogP contribution < -0.4 is 17.0 Å². The summed E-state index contributed by atoms with van der Waals surface area (Å²) >= 11 is 0. The van der Waals surface area contributed by atoms with E-state index >= 15 is 0 Å². The Balaban J connectivity index is 2.93. The molecule has 0 fully saturated rings. The first kappa shape index (κ1) is 14.4. The molecular weight excluding hydrogens is 280 g/mol. The lowest BCUT2D eigenvalue weighted by atomic mass is 10.2. The molecule has 0 spiro atoms. The Kier molecular flexibility index (Phi) is 3.57. The number of amides is 1. The van der Waals surface area contributed by atoms with Crippen molar-refractivity contribution in [2.45, 2.75) is 20.0 Å². The third-order valence-corrected chi connectivity index (χ3v) is 3.05. The summed E-state index contributed by atoms with van der Waals surface area (Å²) in [6, 6.07) is 3.64. The van der Waals surface area contributed by atoms with E-state index in [2.05, 4.69) is 0 Å². The number of rotatable bonds is 4. The van der Waals surface area contributed by atoms with Crippen LogP contribution in [0.4, 0.5) is 5.69 Å². The van der Waals surface area contributed by atoms with Crippen LogP contribution in [0.25, 0.3) is 10.9 Å². The van der Waals surface area contributed by atoms with Crippen molar-refractivity contribution >= 4 is 22.5 Å². The van der Waals surface area contributed by atoms with Crippen LogP contribution in [-0.4, -0.2) is 20.0 Å². The normalized spacial score (nSPS) is 10.7. The van der Waals surface area contributed by atoms with E-state index in [1.54, 1.807) is 6.92 Å². The van der Waals surface area contributed by atoms with Gasteiger partial charge in [-0.1, -0.05) is 0 Å². The van der Waals surface area contributed by atoms with E-state index in [-0.39, 0.29) is 23.1 Å². The first-order valence-electron chi connectivity index (χ1n) is 6.07. The Bertz CT molecular complexity index is 864. The Morgan fingerprint density at radius 1 is 1.33 bits per heavy atom. The number of benzene rings is 1. The van der Waals surface area contributed by atoms with Crippen LogP contribution in [-0.2, 0) is 17.9 Å². The molecule has 0 aliphatic heterocycles. The topological polar surface area (TPSA) is 130 Å². The molecule has 2 aromatic rings. The van der Waals surface area contributed by atoms with E-state index in [1.165, 1.54) is 16.7 Å². The van der Waals surface area contributed by atoms with Crippen molar-refractivity contribution in [3.63, 3.8) is 0 Å². The number of aryl methyl sites for hydroxylation is 1. The highest BCUT2D eigenvalue weighted by Crippen LogP contribution is 2.17. The quantitative estimate of drug-likeness (QED) is 0.604. The van der Waals surface area contributed by atoms with Crippen molar-refractivity contribution in [2.24, 2.45) is 5.73 Å². The number of nitrogens with two attached hydrogens (primary N) is 1. The number of fused-ring (bicyclic) bond motifs is 1. The van der Waals surface area contributed by atoms with E-state index in [0.29, 0.717) is 4.57 Å². The fraction of sp³-hybridized carbons (Fsp3) is 0.250. The predicted octanol–water partition coefficient (Wildman–Crippen LogP) is -0.423.